The summed E-state index contributed by atoms with van der Waals surface area (Å²) in [5.74, 6) is 0.659. The lowest BCUT2D eigenvalue weighted by Crippen LogP contribution is -2.22. The van der Waals surface area contributed by atoms with Crippen LogP contribution in [0.3, 0.4) is 0 Å². The largest absolute Gasteiger partial charge is 0.396 e. The molecule has 0 saturated carbocycles. The lowest BCUT2D eigenvalue weighted by atomic mass is 10.0. The Labute approximate surface area is 201 Å². The third-order valence-electron chi connectivity index (χ3n) is 5.20. The molecule has 0 aliphatic carbocycles. The van der Waals surface area contributed by atoms with Crippen LogP contribution in [0, 0.1) is 6.92 Å². The minimum Gasteiger partial charge on any atom is -0.396 e. The molecule has 10 heteroatoms. The first-order valence-corrected chi connectivity index (χ1v) is 17.2. The smallest absolute Gasteiger partial charge is 0.238 e. The molecule has 0 aliphatic rings. The number of aliphatic hydroxyl groups excluding tert-OH is 1. The highest BCUT2D eigenvalue weighted by molar-refractivity contribution is 7.99. The molecule has 3 rings (SSSR count). The van der Waals surface area contributed by atoms with E-state index in [-0.39, 0.29) is 11.5 Å². The van der Waals surface area contributed by atoms with Crippen molar-refractivity contribution in [2.24, 2.45) is 5.14 Å². The maximum atomic E-state index is 12.3. The second-order valence-corrected chi connectivity index (χ2v) is 17.6. The number of pyridine rings is 1. The second kappa shape index (κ2) is 10.7. The molecular formula is C23H33N3O4S2Si. The van der Waals surface area contributed by atoms with Gasteiger partial charge in [-0.05, 0) is 43.7 Å². The maximum absolute atomic E-state index is 12.3. The molecule has 0 atom stereocenters. The molecule has 2 heterocycles. The highest BCUT2D eigenvalue weighted by Crippen LogP contribution is 2.37. The number of hydrogen-bond donors (Lipinski definition) is 2. The Balaban J connectivity index is 2.04. The first-order chi connectivity index (χ1) is 15.5. The molecule has 2 aromatic heterocycles. The Morgan fingerprint density at radius 2 is 1.94 bits per heavy atom. The molecule has 0 fully saturated rings. The molecule has 0 amide bonds. The molecule has 0 saturated heterocycles. The van der Waals surface area contributed by atoms with Gasteiger partial charge in [0.2, 0.25) is 10.0 Å². The van der Waals surface area contributed by atoms with Crippen molar-refractivity contribution in [1.29, 1.82) is 0 Å². The lowest BCUT2D eigenvalue weighted by Gasteiger charge is -2.16. The molecule has 0 bridgehead atoms. The third kappa shape index (κ3) is 6.90. The zero-order valence-corrected chi connectivity index (χ0v) is 22.3. The number of sulfonamides is 1. The normalized spacial score (nSPS) is 12.5. The fourth-order valence-electron chi connectivity index (χ4n) is 3.38. The Bertz CT molecular complexity index is 1220. The van der Waals surface area contributed by atoms with Crippen molar-refractivity contribution in [3.05, 3.63) is 42.1 Å². The zero-order valence-electron chi connectivity index (χ0n) is 19.7. The van der Waals surface area contributed by atoms with Gasteiger partial charge < -0.3 is 14.4 Å². The highest BCUT2D eigenvalue weighted by atomic mass is 32.2. The van der Waals surface area contributed by atoms with E-state index in [1.54, 1.807) is 12.1 Å². The summed E-state index contributed by atoms with van der Waals surface area (Å²) in [5, 5.41) is 16.4. The number of nitrogens with zero attached hydrogens (tertiary/aromatic N) is 2. The zero-order chi connectivity index (χ0) is 24.2. The van der Waals surface area contributed by atoms with Gasteiger partial charge in [0.05, 0.1) is 4.90 Å². The van der Waals surface area contributed by atoms with Crippen molar-refractivity contribution >= 4 is 40.9 Å². The van der Waals surface area contributed by atoms with Crippen LogP contribution in [-0.2, 0) is 21.5 Å². The van der Waals surface area contributed by atoms with Crippen LogP contribution in [0.4, 0.5) is 0 Å². The van der Waals surface area contributed by atoms with Crippen LogP contribution in [0.5, 0.6) is 0 Å². The number of primary sulfonamides is 1. The number of hydrogen-bond acceptors (Lipinski definition) is 6. The van der Waals surface area contributed by atoms with Crippen molar-refractivity contribution < 1.29 is 18.3 Å². The van der Waals surface area contributed by atoms with Gasteiger partial charge in [-0.25, -0.2) is 18.5 Å². The Morgan fingerprint density at radius 1 is 1.18 bits per heavy atom. The van der Waals surface area contributed by atoms with E-state index >= 15 is 0 Å². The monoisotopic (exact) mass is 507 g/mol. The van der Waals surface area contributed by atoms with Crippen LogP contribution in [0.25, 0.3) is 22.2 Å². The summed E-state index contributed by atoms with van der Waals surface area (Å²) >= 11 is 1.49. The Hall–Kier alpha value is -1.69. The summed E-state index contributed by atoms with van der Waals surface area (Å²) in [6.07, 6.45) is 2.55. The highest BCUT2D eigenvalue weighted by Gasteiger charge is 2.20. The van der Waals surface area contributed by atoms with Crippen molar-refractivity contribution in [2.75, 3.05) is 19.0 Å². The molecule has 0 unspecified atom stereocenters. The van der Waals surface area contributed by atoms with Crippen LogP contribution in [0.1, 0.15) is 12.0 Å². The first-order valence-electron chi connectivity index (χ1n) is 10.9. The number of nitrogens with two attached hydrogens (primary N) is 1. The summed E-state index contributed by atoms with van der Waals surface area (Å²) in [4.78, 5) is 4.98. The quantitative estimate of drug-likeness (QED) is 0.226. The first kappa shape index (κ1) is 25.9. The second-order valence-electron chi connectivity index (χ2n) is 9.36. The number of benzene rings is 1. The van der Waals surface area contributed by atoms with Crippen LogP contribution in [-0.4, -0.2) is 50.1 Å². The average Bonchev–Trinajstić information content (AvgIpc) is 3.11. The molecule has 0 spiro atoms. The number of rotatable bonds is 11. The van der Waals surface area contributed by atoms with Crippen LogP contribution >= 0.6 is 11.8 Å². The predicted molar refractivity (Wildman–Crippen MR) is 138 cm³/mol. The number of fused-ring (bicyclic) bond motifs is 1. The maximum Gasteiger partial charge on any atom is 0.238 e. The molecule has 7 nitrogen and oxygen atoms in total. The molecule has 3 N–H and O–H groups in total. The van der Waals surface area contributed by atoms with Crippen molar-refractivity contribution in [3.8, 4) is 11.1 Å². The SMILES string of the molecule is Cc1ccc(S(N)(=O)=O)c(-c2cc3ccn(COCC[Si](C)(C)C)c3nc2SCCCO)c1. The van der Waals surface area contributed by atoms with Gasteiger partial charge in [-0.3, -0.25) is 0 Å². The van der Waals surface area contributed by atoms with E-state index in [0.717, 1.165) is 28.2 Å². The van der Waals surface area contributed by atoms with Crippen LogP contribution in [0.15, 0.2) is 46.5 Å². The van der Waals surface area contributed by atoms with Gasteiger partial charge in [0.1, 0.15) is 17.4 Å². The van der Waals surface area contributed by atoms with E-state index in [9.17, 15) is 13.5 Å². The van der Waals surface area contributed by atoms with Gasteiger partial charge >= 0.3 is 0 Å². The standard InChI is InChI=1S/C23H33N3O4S2Si/c1-17-6-7-21(32(24,28)29)19(14-17)20-15-18-8-9-26(16-30-11-13-33(2,3)4)22(18)25-23(20)31-12-5-10-27/h6-9,14-15,27H,5,10-13,16H2,1-4H3,(H2,24,28,29). The molecule has 0 aliphatic heterocycles. The van der Waals surface area contributed by atoms with Gasteiger partial charge in [0.25, 0.3) is 0 Å². The fraction of sp³-hybridized carbons (Fsp3) is 0.435. The van der Waals surface area contributed by atoms with Crippen molar-refractivity contribution in [1.82, 2.24) is 9.55 Å². The number of aromatic nitrogens is 2. The van der Waals surface area contributed by atoms with Crippen LogP contribution < -0.4 is 5.14 Å². The van der Waals surface area contributed by atoms with Gasteiger partial charge in [-0.15, -0.1) is 11.8 Å². The molecule has 180 valence electrons. The van der Waals surface area contributed by atoms with E-state index in [0.29, 0.717) is 36.1 Å². The third-order valence-corrected chi connectivity index (χ3v) is 8.95. The topological polar surface area (TPSA) is 107 Å². The van der Waals surface area contributed by atoms with Gasteiger partial charge in [0.15, 0.2) is 0 Å². The molecule has 1 aromatic carbocycles. The summed E-state index contributed by atoms with van der Waals surface area (Å²) < 4.78 is 32.5. The predicted octanol–water partition coefficient (Wildman–Crippen LogP) is 4.45. The fourth-order valence-corrected chi connectivity index (χ4v) is 5.81. The van der Waals surface area contributed by atoms with Gasteiger partial charge in [0, 0.05) is 49.8 Å². The summed E-state index contributed by atoms with van der Waals surface area (Å²) in [7, 11) is -5.08. The van der Waals surface area contributed by atoms with E-state index in [2.05, 4.69) is 19.6 Å². The Morgan fingerprint density at radius 3 is 2.61 bits per heavy atom. The minimum atomic E-state index is -3.91. The number of thioether (sulfide) groups is 1. The number of aryl methyl sites for hydroxylation is 1. The van der Waals surface area contributed by atoms with Gasteiger partial charge in [-0.1, -0.05) is 31.3 Å². The summed E-state index contributed by atoms with van der Waals surface area (Å²) in [5.41, 5.74) is 2.97. The minimum absolute atomic E-state index is 0.0763. The van der Waals surface area contributed by atoms with E-state index in [1.165, 1.54) is 11.8 Å². The molecule has 33 heavy (non-hydrogen) atoms. The average molecular weight is 508 g/mol. The van der Waals surface area contributed by atoms with E-state index < -0.39 is 18.1 Å². The van der Waals surface area contributed by atoms with E-state index in [1.807, 2.05) is 35.9 Å². The number of ether oxygens (including phenoxy) is 1. The lowest BCUT2D eigenvalue weighted by molar-refractivity contribution is 0.0898. The van der Waals surface area contributed by atoms with Crippen molar-refractivity contribution in [3.63, 3.8) is 0 Å². The Kier molecular flexibility index (Phi) is 8.41. The van der Waals surface area contributed by atoms with Crippen molar-refractivity contribution in [2.45, 2.75) is 55.7 Å². The molecule has 0 radical (unpaired) electrons. The molecular weight excluding hydrogens is 474 g/mol. The van der Waals surface area contributed by atoms with E-state index in [4.69, 9.17) is 14.9 Å². The number of aliphatic hydroxyl groups is 1. The summed E-state index contributed by atoms with van der Waals surface area (Å²) in [6, 6.07) is 10.1. The van der Waals surface area contributed by atoms with Gasteiger partial charge in [-0.2, -0.15) is 0 Å². The molecule has 3 aromatic rings. The van der Waals surface area contributed by atoms with Crippen LogP contribution in [0.2, 0.25) is 25.7 Å². The summed E-state index contributed by atoms with van der Waals surface area (Å²) in [6.45, 7) is 10.1.